The highest BCUT2D eigenvalue weighted by atomic mass is 32.2. The van der Waals surface area contributed by atoms with E-state index in [-0.39, 0.29) is 5.75 Å². The van der Waals surface area contributed by atoms with Gasteiger partial charge in [0, 0.05) is 6.61 Å². The standard InChI is InChI=1S/C16H33NO3S/c1-12(2)15-6-5-14(4)11-16(15)20-9-7-13(3)8-10-21(17,18)19/h12-16H,5-11H2,1-4H3,(H2,17,18,19). The summed E-state index contributed by atoms with van der Waals surface area (Å²) in [4.78, 5) is 0. The van der Waals surface area contributed by atoms with E-state index in [9.17, 15) is 8.42 Å². The molecule has 1 rings (SSSR count). The molecule has 2 N–H and O–H groups in total. The van der Waals surface area contributed by atoms with E-state index in [4.69, 9.17) is 9.88 Å². The first-order valence-electron chi connectivity index (χ1n) is 8.31. The van der Waals surface area contributed by atoms with Crippen LogP contribution in [0.25, 0.3) is 0 Å². The van der Waals surface area contributed by atoms with Gasteiger partial charge in [-0.1, -0.05) is 34.1 Å². The van der Waals surface area contributed by atoms with Crippen molar-refractivity contribution < 1.29 is 13.2 Å². The maximum atomic E-state index is 11.0. The van der Waals surface area contributed by atoms with E-state index >= 15 is 0 Å². The molecule has 0 radical (unpaired) electrons. The summed E-state index contributed by atoms with van der Waals surface area (Å²) in [5, 5.41) is 5.04. The minimum absolute atomic E-state index is 0.0727. The van der Waals surface area contributed by atoms with Gasteiger partial charge in [0.2, 0.25) is 10.0 Å². The summed E-state index contributed by atoms with van der Waals surface area (Å²) in [6.07, 6.45) is 5.65. The Morgan fingerprint density at radius 1 is 1.19 bits per heavy atom. The maximum absolute atomic E-state index is 11.0. The molecule has 0 spiro atoms. The lowest BCUT2D eigenvalue weighted by Crippen LogP contribution is -2.34. The Kier molecular flexibility index (Phi) is 7.65. The van der Waals surface area contributed by atoms with Crippen LogP contribution in [-0.2, 0) is 14.8 Å². The van der Waals surface area contributed by atoms with Crippen molar-refractivity contribution in [1.82, 2.24) is 0 Å². The van der Waals surface area contributed by atoms with Gasteiger partial charge in [0.25, 0.3) is 0 Å². The predicted octanol–water partition coefficient (Wildman–Crippen LogP) is 3.17. The lowest BCUT2D eigenvalue weighted by Gasteiger charge is -2.37. The van der Waals surface area contributed by atoms with Crippen LogP contribution in [0.5, 0.6) is 0 Å². The first-order valence-corrected chi connectivity index (χ1v) is 10.0. The summed E-state index contributed by atoms with van der Waals surface area (Å²) in [6, 6.07) is 0. The third-order valence-corrected chi connectivity index (χ3v) is 5.60. The molecule has 4 unspecified atom stereocenters. The van der Waals surface area contributed by atoms with Crippen molar-refractivity contribution in [3.05, 3.63) is 0 Å². The van der Waals surface area contributed by atoms with Gasteiger partial charge in [-0.05, 0) is 49.4 Å². The van der Waals surface area contributed by atoms with Crippen LogP contribution >= 0.6 is 0 Å². The van der Waals surface area contributed by atoms with Crippen molar-refractivity contribution in [3.63, 3.8) is 0 Å². The zero-order valence-corrected chi connectivity index (χ0v) is 14.9. The molecule has 0 aromatic rings. The monoisotopic (exact) mass is 319 g/mol. The summed E-state index contributed by atoms with van der Waals surface area (Å²) in [6.45, 7) is 9.67. The number of rotatable bonds is 8. The molecule has 21 heavy (non-hydrogen) atoms. The highest BCUT2D eigenvalue weighted by molar-refractivity contribution is 7.89. The molecule has 0 bridgehead atoms. The number of hydrogen-bond acceptors (Lipinski definition) is 3. The quantitative estimate of drug-likeness (QED) is 0.747. The van der Waals surface area contributed by atoms with Crippen LogP contribution in [0, 0.1) is 23.7 Å². The fraction of sp³-hybridized carbons (Fsp3) is 1.00. The van der Waals surface area contributed by atoms with Crippen molar-refractivity contribution in [1.29, 1.82) is 0 Å². The molecule has 1 aliphatic carbocycles. The number of sulfonamides is 1. The van der Waals surface area contributed by atoms with Crippen LogP contribution in [0.15, 0.2) is 0 Å². The highest BCUT2D eigenvalue weighted by Crippen LogP contribution is 2.35. The van der Waals surface area contributed by atoms with Crippen LogP contribution in [-0.4, -0.2) is 26.9 Å². The molecule has 126 valence electrons. The first-order chi connectivity index (χ1) is 9.69. The Labute approximate surface area is 130 Å². The van der Waals surface area contributed by atoms with Gasteiger partial charge in [0.1, 0.15) is 0 Å². The summed E-state index contributed by atoms with van der Waals surface area (Å²) in [5.41, 5.74) is 0. The van der Waals surface area contributed by atoms with Crippen LogP contribution in [0.3, 0.4) is 0 Å². The molecule has 0 aromatic heterocycles. The molecule has 4 atom stereocenters. The van der Waals surface area contributed by atoms with Gasteiger partial charge >= 0.3 is 0 Å². The molecule has 1 saturated carbocycles. The van der Waals surface area contributed by atoms with Crippen molar-refractivity contribution >= 4 is 10.0 Å². The average Bonchev–Trinajstić information content (AvgIpc) is 2.35. The zero-order chi connectivity index (χ0) is 16.0. The van der Waals surface area contributed by atoms with Crippen LogP contribution < -0.4 is 5.14 Å². The summed E-state index contributed by atoms with van der Waals surface area (Å²) in [5.74, 6) is 2.50. The second-order valence-electron chi connectivity index (χ2n) is 7.28. The predicted molar refractivity (Wildman–Crippen MR) is 87.5 cm³/mol. The Hall–Kier alpha value is -0.130. The lowest BCUT2D eigenvalue weighted by molar-refractivity contribution is -0.0419. The minimum Gasteiger partial charge on any atom is -0.378 e. The van der Waals surface area contributed by atoms with Gasteiger partial charge in [0.15, 0.2) is 0 Å². The number of primary sulfonamides is 1. The Balaban J connectivity index is 2.32. The minimum atomic E-state index is -3.33. The summed E-state index contributed by atoms with van der Waals surface area (Å²) in [7, 11) is -3.33. The highest BCUT2D eigenvalue weighted by Gasteiger charge is 2.31. The Morgan fingerprint density at radius 2 is 1.86 bits per heavy atom. The lowest BCUT2D eigenvalue weighted by atomic mass is 9.75. The van der Waals surface area contributed by atoms with Crippen molar-refractivity contribution in [3.8, 4) is 0 Å². The van der Waals surface area contributed by atoms with Crippen LogP contribution in [0.2, 0.25) is 0 Å². The number of hydrogen-bond donors (Lipinski definition) is 1. The molecule has 1 aliphatic rings. The molecule has 0 aliphatic heterocycles. The van der Waals surface area contributed by atoms with Crippen LogP contribution in [0.1, 0.15) is 59.8 Å². The van der Waals surface area contributed by atoms with Crippen molar-refractivity contribution in [2.45, 2.75) is 65.9 Å². The molecule has 0 heterocycles. The average molecular weight is 320 g/mol. The summed E-state index contributed by atoms with van der Waals surface area (Å²) < 4.78 is 28.1. The van der Waals surface area contributed by atoms with E-state index in [1.807, 2.05) is 0 Å². The molecule has 5 heteroatoms. The van der Waals surface area contributed by atoms with Gasteiger partial charge in [-0.2, -0.15) is 0 Å². The number of nitrogens with two attached hydrogens (primary N) is 1. The van der Waals surface area contributed by atoms with Gasteiger partial charge in [-0.15, -0.1) is 0 Å². The molecule has 0 amide bonds. The molecule has 0 aromatic carbocycles. The fourth-order valence-corrected chi connectivity index (χ4v) is 3.97. The SMILES string of the molecule is CC(CCOC1CC(C)CCC1C(C)C)CCS(N)(=O)=O. The van der Waals surface area contributed by atoms with Gasteiger partial charge in [0.05, 0.1) is 11.9 Å². The van der Waals surface area contributed by atoms with E-state index < -0.39 is 10.0 Å². The Morgan fingerprint density at radius 3 is 2.43 bits per heavy atom. The van der Waals surface area contributed by atoms with E-state index in [1.165, 1.54) is 12.8 Å². The van der Waals surface area contributed by atoms with Crippen molar-refractivity contribution in [2.24, 2.45) is 28.8 Å². The zero-order valence-electron chi connectivity index (χ0n) is 14.0. The van der Waals surface area contributed by atoms with E-state index in [0.29, 0.717) is 30.3 Å². The molecular weight excluding hydrogens is 286 g/mol. The van der Waals surface area contributed by atoms with Crippen LogP contribution in [0.4, 0.5) is 0 Å². The number of ether oxygens (including phenoxy) is 1. The topological polar surface area (TPSA) is 69.4 Å². The fourth-order valence-electron chi connectivity index (χ4n) is 3.24. The van der Waals surface area contributed by atoms with Crippen molar-refractivity contribution in [2.75, 3.05) is 12.4 Å². The molecule has 4 nitrogen and oxygen atoms in total. The molecule has 1 fully saturated rings. The first kappa shape index (κ1) is 18.9. The van der Waals surface area contributed by atoms with E-state index in [2.05, 4.69) is 27.7 Å². The molecular formula is C16H33NO3S. The van der Waals surface area contributed by atoms with E-state index in [1.54, 1.807) is 0 Å². The molecule has 0 saturated heterocycles. The Bertz CT molecular complexity index is 394. The second kappa shape index (κ2) is 8.49. The summed E-state index contributed by atoms with van der Waals surface area (Å²) >= 11 is 0. The normalized spacial score (nSPS) is 28.8. The van der Waals surface area contributed by atoms with Gasteiger partial charge in [-0.25, -0.2) is 13.6 Å². The van der Waals surface area contributed by atoms with Gasteiger partial charge < -0.3 is 4.74 Å². The third-order valence-electron chi connectivity index (χ3n) is 4.80. The third kappa shape index (κ3) is 7.61. The van der Waals surface area contributed by atoms with E-state index in [0.717, 1.165) is 25.4 Å². The maximum Gasteiger partial charge on any atom is 0.209 e. The largest absolute Gasteiger partial charge is 0.378 e. The smallest absolute Gasteiger partial charge is 0.209 e. The second-order valence-corrected chi connectivity index (χ2v) is 9.02. The van der Waals surface area contributed by atoms with Gasteiger partial charge in [-0.3, -0.25) is 0 Å².